The van der Waals surface area contributed by atoms with E-state index in [-0.39, 0.29) is 12.0 Å². The van der Waals surface area contributed by atoms with Crippen LogP contribution in [0, 0.1) is 29.1 Å². The second kappa shape index (κ2) is 18.7. The molecular formula is C30H48N4O5. The van der Waals surface area contributed by atoms with Crippen LogP contribution in [0.5, 0.6) is 5.75 Å². The highest BCUT2D eigenvalue weighted by molar-refractivity contribution is 6.07. The molecule has 9 heteroatoms. The fourth-order valence-electron chi connectivity index (χ4n) is 4.44. The second-order valence-electron chi connectivity index (χ2n) is 10.2. The number of hydrogen-bond acceptors (Lipinski definition) is 8. The van der Waals surface area contributed by atoms with Gasteiger partial charge in [-0.2, -0.15) is 0 Å². The van der Waals surface area contributed by atoms with Gasteiger partial charge in [-0.05, 0) is 57.4 Å². The summed E-state index contributed by atoms with van der Waals surface area (Å²) < 4.78 is 27.3. The molecular weight excluding hydrogens is 496 g/mol. The average molecular weight is 545 g/mol. The molecule has 2 rings (SSSR count). The number of rotatable bonds is 19. The molecule has 0 bridgehead atoms. The van der Waals surface area contributed by atoms with Gasteiger partial charge in [0, 0.05) is 29.6 Å². The first-order valence-corrected chi connectivity index (χ1v) is 14.0. The largest absolute Gasteiger partial charge is 0.491 e. The number of terminal acetylenes is 1. The fourth-order valence-corrected chi connectivity index (χ4v) is 4.44. The molecule has 0 amide bonds. The Morgan fingerprint density at radius 1 is 0.923 bits per heavy atom. The predicted molar refractivity (Wildman–Crippen MR) is 155 cm³/mol. The van der Waals surface area contributed by atoms with Gasteiger partial charge in [-0.3, -0.25) is 10.8 Å². The molecule has 1 aromatic rings. The van der Waals surface area contributed by atoms with Gasteiger partial charge >= 0.3 is 0 Å². The Balaban J connectivity index is 1.68. The molecule has 1 aliphatic rings. The zero-order valence-electron chi connectivity index (χ0n) is 24.2. The highest BCUT2D eigenvalue weighted by Crippen LogP contribution is 2.22. The summed E-state index contributed by atoms with van der Waals surface area (Å²) in [6, 6.07) is 8.53. The van der Waals surface area contributed by atoms with E-state index in [2.05, 4.69) is 25.1 Å². The molecule has 3 N–H and O–H groups in total. The van der Waals surface area contributed by atoms with Gasteiger partial charge in [-0.25, -0.2) is 0 Å². The van der Waals surface area contributed by atoms with Gasteiger partial charge in [-0.15, -0.1) is 6.42 Å². The summed E-state index contributed by atoms with van der Waals surface area (Å²) >= 11 is 0. The number of nitrogens with one attached hydrogen (secondary N) is 3. The Morgan fingerprint density at radius 3 is 2.00 bits per heavy atom. The van der Waals surface area contributed by atoms with Gasteiger partial charge in [0.25, 0.3) is 0 Å². The van der Waals surface area contributed by atoms with E-state index < -0.39 is 0 Å². The first-order chi connectivity index (χ1) is 18.8. The van der Waals surface area contributed by atoms with E-state index in [1.54, 1.807) is 0 Å². The summed E-state index contributed by atoms with van der Waals surface area (Å²) in [6.45, 7) is 12.5. The molecule has 0 aliphatic carbocycles. The first kappa shape index (κ1) is 32.7. The van der Waals surface area contributed by atoms with E-state index in [0.29, 0.717) is 83.2 Å². The fraction of sp³-hybridized carbons (Fsp3) is 0.667. The van der Waals surface area contributed by atoms with E-state index in [9.17, 15) is 0 Å². The van der Waals surface area contributed by atoms with Crippen molar-refractivity contribution in [3.05, 3.63) is 29.8 Å². The lowest BCUT2D eigenvalue weighted by Gasteiger charge is -2.35. The zero-order valence-corrected chi connectivity index (χ0v) is 24.2. The second-order valence-corrected chi connectivity index (χ2v) is 10.2. The minimum absolute atomic E-state index is 0.0363. The van der Waals surface area contributed by atoms with Crippen LogP contribution in [-0.4, -0.2) is 94.2 Å². The monoisotopic (exact) mass is 544 g/mol. The molecule has 9 nitrogen and oxygen atoms in total. The average Bonchev–Trinajstić information content (AvgIpc) is 3.33. The number of nitrogens with zero attached hydrogens (tertiary/aromatic N) is 1. The Kier molecular flexibility index (Phi) is 15.7. The van der Waals surface area contributed by atoms with Crippen molar-refractivity contribution in [3.63, 3.8) is 0 Å². The molecule has 3 unspecified atom stereocenters. The highest BCUT2D eigenvalue weighted by Gasteiger charge is 2.29. The lowest BCUT2D eigenvalue weighted by atomic mass is 10.0. The maximum absolute atomic E-state index is 8.92. The molecule has 1 aliphatic heterocycles. The Hall–Kier alpha value is -2.48. The molecule has 218 valence electrons. The van der Waals surface area contributed by atoms with E-state index in [4.69, 9.17) is 40.9 Å². The third kappa shape index (κ3) is 12.5. The van der Waals surface area contributed by atoms with Crippen molar-refractivity contribution in [2.45, 2.75) is 65.1 Å². The molecule has 1 fully saturated rings. The van der Waals surface area contributed by atoms with Crippen LogP contribution >= 0.6 is 0 Å². The predicted octanol–water partition coefficient (Wildman–Crippen LogP) is 3.94. The van der Waals surface area contributed by atoms with Crippen LogP contribution in [0.3, 0.4) is 0 Å². The summed E-state index contributed by atoms with van der Waals surface area (Å²) in [4.78, 5) is 1.88. The molecule has 39 heavy (non-hydrogen) atoms. The minimum Gasteiger partial charge on any atom is -0.491 e. The number of amidine groups is 2. The molecule has 0 saturated carbocycles. The normalized spacial score (nSPS) is 17.6. The molecule has 3 atom stereocenters. The summed E-state index contributed by atoms with van der Waals surface area (Å²) in [5.74, 6) is 3.98. The molecule has 1 saturated heterocycles. The van der Waals surface area contributed by atoms with Gasteiger partial charge in [0.1, 0.15) is 30.6 Å². The van der Waals surface area contributed by atoms with E-state index in [1.165, 1.54) is 6.42 Å². The Bertz CT molecular complexity index is 886. The summed E-state index contributed by atoms with van der Waals surface area (Å²) in [7, 11) is 0. The van der Waals surface area contributed by atoms with Crippen molar-refractivity contribution in [2.24, 2.45) is 5.92 Å². The van der Waals surface area contributed by atoms with Crippen molar-refractivity contribution in [2.75, 3.05) is 59.5 Å². The third-order valence-corrected chi connectivity index (χ3v) is 6.51. The molecule has 1 aromatic carbocycles. The van der Waals surface area contributed by atoms with Crippen molar-refractivity contribution in [1.82, 2.24) is 10.2 Å². The maximum atomic E-state index is 8.92. The zero-order chi connectivity index (χ0) is 28.5. The van der Waals surface area contributed by atoms with Crippen LogP contribution < -0.4 is 10.1 Å². The number of benzene rings is 1. The van der Waals surface area contributed by atoms with Crippen LogP contribution in [0.1, 0.15) is 52.5 Å². The minimum atomic E-state index is 0.0363. The van der Waals surface area contributed by atoms with Crippen LogP contribution in [0.25, 0.3) is 0 Å². The summed E-state index contributed by atoms with van der Waals surface area (Å²) in [6.07, 6.45) is 8.33. The van der Waals surface area contributed by atoms with Crippen LogP contribution in [-0.2, 0) is 18.9 Å². The lowest BCUT2D eigenvalue weighted by molar-refractivity contribution is -0.00187. The summed E-state index contributed by atoms with van der Waals surface area (Å²) in [5, 5.41) is 21.2. The van der Waals surface area contributed by atoms with Crippen molar-refractivity contribution in [1.29, 1.82) is 10.8 Å². The third-order valence-electron chi connectivity index (χ3n) is 6.51. The lowest BCUT2D eigenvalue weighted by Crippen LogP contribution is -2.47. The first-order valence-electron chi connectivity index (χ1n) is 14.0. The van der Waals surface area contributed by atoms with Crippen molar-refractivity contribution < 1.29 is 23.7 Å². The van der Waals surface area contributed by atoms with Crippen molar-refractivity contribution >= 4 is 11.7 Å². The smallest absolute Gasteiger partial charge is 0.133 e. The van der Waals surface area contributed by atoms with Crippen LogP contribution in [0.2, 0.25) is 0 Å². The Morgan fingerprint density at radius 2 is 1.49 bits per heavy atom. The highest BCUT2D eigenvalue weighted by atomic mass is 16.6. The van der Waals surface area contributed by atoms with E-state index in [0.717, 1.165) is 24.2 Å². The SMILES string of the molecule is C#CCOCCOCCOCCOCCOc1ccc(C(=N)N(C(=N)C(C)C)C(C)CC2CCC(C)N2)cc1. The van der Waals surface area contributed by atoms with Crippen LogP contribution in [0.4, 0.5) is 0 Å². The number of hydrogen-bond donors (Lipinski definition) is 3. The quantitative estimate of drug-likeness (QED) is 0.105. The van der Waals surface area contributed by atoms with Gasteiger partial charge < -0.3 is 33.9 Å². The van der Waals surface area contributed by atoms with Gasteiger partial charge in [0.15, 0.2) is 0 Å². The molecule has 0 aromatic heterocycles. The topological polar surface area (TPSA) is 109 Å². The molecule has 0 radical (unpaired) electrons. The van der Waals surface area contributed by atoms with Gasteiger partial charge in [0.2, 0.25) is 0 Å². The Labute approximate surface area is 234 Å². The van der Waals surface area contributed by atoms with E-state index in [1.807, 2.05) is 43.0 Å². The standard InChI is InChI=1S/C30H48N4O5/c1-6-13-35-14-15-36-16-17-37-18-19-38-20-21-39-28-11-8-26(9-12-28)30(32)34(29(31)23(2)3)25(5)22-27-10-7-24(4)33-27/h1,8-9,11-12,23-25,27,31-33H,7,10,13-22H2,2-5H3. The van der Waals surface area contributed by atoms with Gasteiger partial charge in [0.05, 0.1) is 46.2 Å². The molecule has 1 heterocycles. The number of ether oxygens (including phenoxy) is 5. The van der Waals surface area contributed by atoms with E-state index >= 15 is 0 Å². The van der Waals surface area contributed by atoms with Crippen LogP contribution in [0.15, 0.2) is 24.3 Å². The molecule has 0 spiro atoms. The van der Waals surface area contributed by atoms with Gasteiger partial charge in [-0.1, -0.05) is 19.8 Å². The maximum Gasteiger partial charge on any atom is 0.133 e. The summed E-state index contributed by atoms with van der Waals surface area (Å²) in [5.41, 5.74) is 0.768. The van der Waals surface area contributed by atoms with Crippen molar-refractivity contribution in [3.8, 4) is 18.1 Å².